The van der Waals surface area contributed by atoms with Crippen LogP contribution in [0.25, 0.3) is 0 Å². The molecule has 1 aliphatic heterocycles. The van der Waals surface area contributed by atoms with E-state index in [1.54, 1.807) is 18.2 Å². The van der Waals surface area contributed by atoms with E-state index in [0.29, 0.717) is 5.56 Å². The lowest BCUT2D eigenvalue weighted by atomic mass is 9.96. The predicted molar refractivity (Wildman–Crippen MR) is 63.3 cm³/mol. The van der Waals surface area contributed by atoms with Crippen LogP contribution in [0.1, 0.15) is 5.56 Å². The summed E-state index contributed by atoms with van der Waals surface area (Å²) in [5.74, 6) is -0.840. The molecule has 1 amide bonds. The number of nitrogens with one attached hydrogen (secondary N) is 1. The van der Waals surface area contributed by atoms with Crippen LogP contribution in [0.15, 0.2) is 24.3 Å². The molecule has 0 spiro atoms. The molecule has 2 atom stereocenters. The van der Waals surface area contributed by atoms with Crippen molar-refractivity contribution in [2.75, 3.05) is 5.88 Å². The monoisotopic (exact) mass is 293 g/mol. The Labute approximate surface area is 112 Å². The minimum atomic E-state index is -4.56. The van der Waals surface area contributed by atoms with E-state index >= 15 is 0 Å². The third-order valence-corrected chi connectivity index (χ3v) is 3.06. The molecule has 7 heteroatoms. The lowest BCUT2D eigenvalue weighted by Gasteiger charge is -2.34. The van der Waals surface area contributed by atoms with Crippen molar-refractivity contribution >= 4 is 17.5 Å². The molecule has 0 bridgehead atoms. The summed E-state index contributed by atoms with van der Waals surface area (Å²) in [6.45, 7) is 0. The van der Waals surface area contributed by atoms with Crippen molar-refractivity contribution in [2.45, 2.75) is 24.7 Å². The van der Waals surface area contributed by atoms with Crippen LogP contribution in [-0.2, 0) is 11.2 Å². The molecule has 0 unspecified atom stereocenters. The molecular weight excluding hydrogens is 283 g/mol. The molecule has 0 fully saturated rings. The number of benzene rings is 1. The number of carbonyl (C=O) groups is 1. The number of carbonyl (C=O) groups excluding carboxylic acids is 1. The van der Waals surface area contributed by atoms with Crippen molar-refractivity contribution in [3.63, 3.8) is 0 Å². The van der Waals surface area contributed by atoms with Crippen LogP contribution in [0.4, 0.5) is 13.2 Å². The van der Waals surface area contributed by atoms with Crippen LogP contribution in [-0.4, -0.2) is 30.1 Å². The Morgan fingerprint density at radius 1 is 1.42 bits per heavy atom. The van der Waals surface area contributed by atoms with Crippen molar-refractivity contribution in [1.29, 1.82) is 0 Å². The molecule has 0 saturated heterocycles. The van der Waals surface area contributed by atoms with E-state index in [2.05, 4.69) is 5.32 Å². The SMILES string of the molecule is O=C(CCl)N[C@@H]1Cc2ccccc2O[C@H]1C(F)(F)F. The third kappa shape index (κ3) is 3.12. The zero-order valence-electron chi connectivity index (χ0n) is 9.71. The number of hydrogen-bond donors (Lipinski definition) is 1. The predicted octanol–water partition coefficient (Wildman–Crippen LogP) is 2.28. The van der Waals surface area contributed by atoms with Crippen LogP contribution in [0, 0.1) is 0 Å². The van der Waals surface area contributed by atoms with Crippen molar-refractivity contribution in [1.82, 2.24) is 5.32 Å². The van der Waals surface area contributed by atoms with E-state index < -0.39 is 24.2 Å². The van der Waals surface area contributed by atoms with Gasteiger partial charge in [-0.05, 0) is 11.6 Å². The second kappa shape index (κ2) is 5.28. The largest absolute Gasteiger partial charge is 0.478 e. The van der Waals surface area contributed by atoms with Crippen molar-refractivity contribution in [2.24, 2.45) is 0 Å². The number of hydrogen-bond acceptors (Lipinski definition) is 2. The molecule has 19 heavy (non-hydrogen) atoms. The topological polar surface area (TPSA) is 38.3 Å². The molecule has 2 rings (SSSR count). The van der Waals surface area contributed by atoms with Crippen LogP contribution < -0.4 is 10.1 Å². The Bertz CT molecular complexity index is 478. The minimum absolute atomic E-state index is 0.0585. The van der Waals surface area contributed by atoms with E-state index in [4.69, 9.17) is 16.3 Å². The maximum Gasteiger partial charge on any atom is 0.427 e. The standard InChI is InChI=1S/C12H11ClF3NO2/c13-6-10(18)17-8-5-7-3-1-2-4-9(7)19-11(8)12(14,15)16/h1-4,8,11H,5-6H2,(H,17,18)/t8-,11-/m1/s1. The van der Waals surface area contributed by atoms with E-state index in [1.165, 1.54) is 6.07 Å². The van der Waals surface area contributed by atoms with Crippen LogP contribution in [0.5, 0.6) is 5.75 Å². The van der Waals surface area contributed by atoms with Crippen molar-refractivity contribution in [3.8, 4) is 5.75 Å². The molecule has 0 saturated carbocycles. The Morgan fingerprint density at radius 2 is 2.11 bits per heavy atom. The smallest absolute Gasteiger partial charge is 0.427 e. The lowest BCUT2D eigenvalue weighted by Crippen LogP contribution is -2.56. The van der Waals surface area contributed by atoms with Gasteiger partial charge in [-0.25, -0.2) is 0 Å². The molecule has 104 valence electrons. The van der Waals surface area contributed by atoms with Gasteiger partial charge >= 0.3 is 6.18 Å². The lowest BCUT2D eigenvalue weighted by molar-refractivity contribution is -0.206. The van der Waals surface area contributed by atoms with Gasteiger partial charge in [-0.3, -0.25) is 4.79 Å². The van der Waals surface area contributed by atoms with Crippen molar-refractivity contribution < 1.29 is 22.7 Å². The summed E-state index contributed by atoms with van der Waals surface area (Å²) >= 11 is 5.30. The number of halogens is 4. The molecule has 3 nitrogen and oxygen atoms in total. The molecule has 1 N–H and O–H groups in total. The zero-order chi connectivity index (χ0) is 14.0. The first-order valence-corrected chi connectivity index (χ1v) is 6.12. The number of amides is 1. The summed E-state index contributed by atoms with van der Waals surface area (Å²) in [6, 6.07) is 5.29. The fourth-order valence-corrected chi connectivity index (χ4v) is 2.09. The average Bonchev–Trinajstić information content (AvgIpc) is 2.36. The molecule has 0 radical (unpaired) electrons. The normalized spacial score (nSPS) is 22.3. The summed E-state index contributed by atoms with van der Waals surface area (Å²) in [4.78, 5) is 11.2. The number of para-hydroxylation sites is 1. The Balaban J connectivity index is 2.27. The van der Waals surface area contributed by atoms with E-state index in [9.17, 15) is 18.0 Å². The molecule has 1 aromatic rings. The highest BCUT2D eigenvalue weighted by molar-refractivity contribution is 6.27. The average molecular weight is 294 g/mol. The maximum absolute atomic E-state index is 12.9. The van der Waals surface area contributed by atoms with Gasteiger partial charge < -0.3 is 10.1 Å². The summed E-state index contributed by atoms with van der Waals surface area (Å²) < 4.78 is 43.8. The van der Waals surface area contributed by atoms with Gasteiger partial charge in [-0.1, -0.05) is 18.2 Å². The van der Waals surface area contributed by atoms with Gasteiger partial charge in [0.15, 0.2) is 0 Å². The summed E-state index contributed by atoms with van der Waals surface area (Å²) in [6.07, 6.45) is -6.56. The second-order valence-corrected chi connectivity index (χ2v) is 4.47. The maximum atomic E-state index is 12.9. The first-order valence-electron chi connectivity index (χ1n) is 5.58. The van der Waals surface area contributed by atoms with Gasteiger partial charge in [0.25, 0.3) is 0 Å². The van der Waals surface area contributed by atoms with Gasteiger partial charge in [-0.15, -0.1) is 11.6 Å². The molecule has 0 aromatic heterocycles. The van der Waals surface area contributed by atoms with Gasteiger partial charge in [0.05, 0.1) is 6.04 Å². The molecular formula is C12H11ClF3NO2. The van der Waals surface area contributed by atoms with Gasteiger partial charge in [0, 0.05) is 6.42 Å². The summed E-state index contributed by atoms with van der Waals surface area (Å²) in [5.41, 5.74) is 0.628. The quantitative estimate of drug-likeness (QED) is 0.850. The second-order valence-electron chi connectivity index (χ2n) is 4.20. The Morgan fingerprint density at radius 3 is 2.74 bits per heavy atom. The van der Waals surface area contributed by atoms with Gasteiger partial charge in [-0.2, -0.15) is 13.2 Å². The van der Waals surface area contributed by atoms with Gasteiger partial charge in [0.1, 0.15) is 11.6 Å². The van der Waals surface area contributed by atoms with Crippen LogP contribution in [0.3, 0.4) is 0 Å². The first-order chi connectivity index (χ1) is 8.91. The molecule has 1 heterocycles. The van der Waals surface area contributed by atoms with E-state index in [0.717, 1.165) is 0 Å². The number of fused-ring (bicyclic) bond motifs is 1. The molecule has 1 aromatic carbocycles. The highest BCUT2D eigenvalue weighted by atomic mass is 35.5. The third-order valence-electron chi connectivity index (χ3n) is 2.82. The number of ether oxygens (including phenoxy) is 1. The van der Waals surface area contributed by atoms with Gasteiger partial charge in [0.2, 0.25) is 12.0 Å². The van der Waals surface area contributed by atoms with Crippen LogP contribution in [0.2, 0.25) is 0 Å². The summed E-state index contributed by atoms with van der Waals surface area (Å²) in [5, 5.41) is 2.25. The molecule has 0 aliphatic carbocycles. The van der Waals surface area contributed by atoms with Crippen LogP contribution >= 0.6 is 11.6 Å². The summed E-state index contributed by atoms with van der Waals surface area (Å²) in [7, 11) is 0. The fraction of sp³-hybridized carbons (Fsp3) is 0.417. The first kappa shape index (κ1) is 14.0. The zero-order valence-corrected chi connectivity index (χ0v) is 10.5. The Hall–Kier alpha value is -1.43. The minimum Gasteiger partial charge on any atom is -0.478 e. The fourth-order valence-electron chi connectivity index (χ4n) is 2.02. The van der Waals surface area contributed by atoms with E-state index in [-0.39, 0.29) is 18.1 Å². The highest BCUT2D eigenvalue weighted by Crippen LogP contribution is 2.35. The number of rotatable bonds is 2. The number of alkyl halides is 4. The van der Waals surface area contributed by atoms with E-state index in [1.807, 2.05) is 0 Å². The Kier molecular flexibility index (Phi) is 3.89. The van der Waals surface area contributed by atoms with Crippen molar-refractivity contribution in [3.05, 3.63) is 29.8 Å². The molecule has 1 aliphatic rings. The highest BCUT2D eigenvalue weighted by Gasteiger charge is 2.49.